The van der Waals surface area contributed by atoms with E-state index in [4.69, 9.17) is 5.84 Å². The van der Waals surface area contributed by atoms with Crippen LogP contribution in [0.15, 0.2) is 35.7 Å². The predicted molar refractivity (Wildman–Crippen MR) is 68.2 cm³/mol. The number of thiazole rings is 1. The van der Waals surface area contributed by atoms with Crippen LogP contribution < -0.4 is 16.6 Å². The van der Waals surface area contributed by atoms with Crippen LogP contribution in [0.4, 0.5) is 5.13 Å². The molecule has 0 aliphatic heterocycles. The van der Waals surface area contributed by atoms with E-state index in [1.165, 1.54) is 5.38 Å². The third-order valence-corrected chi connectivity index (χ3v) is 2.88. The fourth-order valence-corrected chi connectivity index (χ4v) is 1.95. The summed E-state index contributed by atoms with van der Waals surface area (Å²) in [5, 5.41) is 4.47. The Hall–Kier alpha value is -2.25. The van der Waals surface area contributed by atoms with Crippen molar-refractivity contribution >= 4 is 28.3 Å². The molecule has 1 heterocycles. The average Bonchev–Trinajstić information content (AvgIpc) is 2.87. The number of rotatable bonds is 3. The number of amides is 2. The van der Waals surface area contributed by atoms with Crippen molar-refractivity contribution < 1.29 is 9.59 Å². The summed E-state index contributed by atoms with van der Waals surface area (Å²) >= 11 is 1.16. The van der Waals surface area contributed by atoms with Crippen LogP contribution in [0.1, 0.15) is 20.8 Å². The number of benzene rings is 1. The first-order chi connectivity index (χ1) is 8.70. The van der Waals surface area contributed by atoms with E-state index in [0.717, 1.165) is 11.3 Å². The van der Waals surface area contributed by atoms with Crippen LogP contribution in [0, 0.1) is 0 Å². The lowest BCUT2D eigenvalue weighted by Crippen LogP contribution is -2.30. The van der Waals surface area contributed by atoms with Gasteiger partial charge in [0.1, 0.15) is 5.69 Å². The van der Waals surface area contributed by atoms with Crippen molar-refractivity contribution in [2.45, 2.75) is 0 Å². The molecule has 18 heavy (non-hydrogen) atoms. The highest BCUT2D eigenvalue weighted by Gasteiger charge is 2.11. The predicted octanol–water partition coefficient (Wildman–Crippen LogP) is 0.999. The van der Waals surface area contributed by atoms with Gasteiger partial charge in [0.2, 0.25) is 0 Å². The summed E-state index contributed by atoms with van der Waals surface area (Å²) in [5.41, 5.74) is 2.67. The molecule has 0 bridgehead atoms. The number of hydrazine groups is 1. The number of hydrogen-bond acceptors (Lipinski definition) is 5. The largest absolute Gasteiger partial charge is 0.298 e. The van der Waals surface area contributed by atoms with Crippen molar-refractivity contribution in [3.63, 3.8) is 0 Å². The summed E-state index contributed by atoms with van der Waals surface area (Å²) < 4.78 is 0. The number of carbonyl (C=O) groups is 2. The maximum atomic E-state index is 11.8. The van der Waals surface area contributed by atoms with Crippen LogP contribution in [0.25, 0.3) is 0 Å². The summed E-state index contributed by atoms with van der Waals surface area (Å²) in [6.07, 6.45) is 0. The first-order valence-electron chi connectivity index (χ1n) is 5.03. The van der Waals surface area contributed by atoms with Gasteiger partial charge in [0, 0.05) is 10.9 Å². The molecule has 0 aliphatic carbocycles. The molecule has 0 saturated carbocycles. The molecule has 1 aromatic heterocycles. The van der Waals surface area contributed by atoms with Gasteiger partial charge in [-0.05, 0) is 12.1 Å². The van der Waals surface area contributed by atoms with E-state index < -0.39 is 5.91 Å². The molecule has 0 aliphatic rings. The van der Waals surface area contributed by atoms with Crippen molar-refractivity contribution in [3.05, 3.63) is 47.0 Å². The summed E-state index contributed by atoms with van der Waals surface area (Å²) in [6, 6.07) is 8.74. The highest BCUT2D eigenvalue weighted by Crippen LogP contribution is 2.16. The summed E-state index contributed by atoms with van der Waals surface area (Å²) in [4.78, 5) is 26.9. The summed E-state index contributed by atoms with van der Waals surface area (Å²) in [6.45, 7) is 0. The molecule has 0 spiro atoms. The van der Waals surface area contributed by atoms with E-state index in [1.807, 2.05) is 11.5 Å². The van der Waals surface area contributed by atoms with Gasteiger partial charge >= 0.3 is 0 Å². The highest BCUT2D eigenvalue weighted by atomic mass is 32.1. The van der Waals surface area contributed by atoms with E-state index >= 15 is 0 Å². The second kappa shape index (κ2) is 5.39. The van der Waals surface area contributed by atoms with Gasteiger partial charge in [-0.15, -0.1) is 11.3 Å². The van der Waals surface area contributed by atoms with Crippen molar-refractivity contribution in [1.29, 1.82) is 0 Å². The number of carbonyl (C=O) groups excluding carboxylic acids is 2. The minimum absolute atomic E-state index is 0.172. The van der Waals surface area contributed by atoms with Gasteiger partial charge in [-0.1, -0.05) is 18.2 Å². The minimum atomic E-state index is -0.494. The molecule has 1 aromatic carbocycles. The van der Waals surface area contributed by atoms with Crippen LogP contribution in [-0.2, 0) is 0 Å². The molecule has 0 saturated heterocycles. The third-order valence-electron chi connectivity index (χ3n) is 2.12. The number of anilines is 1. The van der Waals surface area contributed by atoms with E-state index in [0.29, 0.717) is 10.7 Å². The topological polar surface area (TPSA) is 97.1 Å². The molecule has 2 amide bonds. The SMILES string of the molecule is NNC(=O)c1csc(NC(=O)c2ccccc2)n1. The number of nitrogens with one attached hydrogen (secondary N) is 2. The molecule has 2 aromatic rings. The molecule has 0 atom stereocenters. The maximum absolute atomic E-state index is 11.8. The fraction of sp³-hybridized carbons (Fsp3) is 0. The molecule has 0 unspecified atom stereocenters. The van der Waals surface area contributed by atoms with E-state index in [-0.39, 0.29) is 11.6 Å². The Morgan fingerprint density at radius 1 is 1.17 bits per heavy atom. The highest BCUT2D eigenvalue weighted by molar-refractivity contribution is 7.14. The van der Waals surface area contributed by atoms with Crippen LogP contribution >= 0.6 is 11.3 Å². The van der Waals surface area contributed by atoms with Crippen molar-refractivity contribution in [2.24, 2.45) is 5.84 Å². The number of nitrogen functional groups attached to an aromatic ring is 1. The maximum Gasteiger partial charge on any atom is 0.284 e. The third kappa shape index (κ3) is 2.70. The van der Waals surface area contributed by atoms with Gasteiger partial charge in [-0.2, -0.15) is 0 Å². The zero-order chi connectivity index (χ0) is 13.0. The summed E-state index contributed by atoms with van der Waals surface area (Å²) in [5.74, 6) is 4.22. The molecular formula is C11H10N4O2S. The molecule has 2 rings (SSSR count). The molecule has 6 nitrogen and oxygen atoms in total. The van der Waals surface area contributed by atoms with E-state index in [9.17, 15) is 9.59 Å². The Kier molecular flexibility index (Phi) is 3.66. The zero-order valence-electron chi connectivity index (χ0n) is 9.21. The van der Waals surface area contributed by atoms with Gasteiger partial charge in [0.25, 0.3) is 11.8 Å². The van der Waals surface area contributed by atoms with Gasteiger partial charge in [-0.25, -0.2) is 10.8 Å². The van der Waals surface area contributed by atoms with Gasteiger partial charge in [-0.3, -0.25) is 20.3 Å². The monoisotopic (exact) mass is 262 g/mol. The smallest absolute Gasteiger partial charge is 0.284 e. The standard InChI is InChI=1S/C11H10N4O2S/c12-15-10(17)8-6-18-11(13-8)14-9(16)7-4-2-1-3-5-7/h1-6H,12H2,(H,15,17)(H,13,14,16). The lowest BCUT2D eigenvalue weighted by molar-refractivity contribution is 0.0948. The average molecular weight is 262 g/mol. The van der Waals surface area contributed by atoms with Crippen molar-refractivity contribution in [3.8, 4) is 0 Å². The Bertz CT molecular complexity index is 567. The second-order valence-corrected chi connectivity index (χ2v) is 4.19. The number of nitrogens with zero attached hydrogens (tertiary/aromatic N) is 1. The van der Waals surface area contributed by atoms with Crippen LogP contribution in [0.3, 0.4) is 0 Å². The Labute approximate surface area is 107 Å². The summed E-state index contributed by atoms with van der Waals surface area (Å²) in [7, 11) is 0. The van der Waals surface area contributed by atoms with Crippen molar-refractivity contribution in [1.82, 2.24) is 10.4 Å². The lowest BCUT2D eigenvalue weighted by Gasteiger charge is -2.00. The van der Waals surface area contributed by atoms with Crippen LogP contribution in [0.5, 0.6) is 0 Å². The number of aromatic nitrogens is 1. The van der Waals surface area contributed by atoms with E-state index in [1.54, 1.807) is 24.3 Å². The Morgan fingerprint density at radius 3 is 2.56 bits per heavy atom. The molecule has 92 valence electrons. The second-order valence-electron chi connectivity index (χ2n) is 3.33. The molecule has 0 fully saturated rings. The fourth-order valence-electron chi connectivity index (χ4n) is 1.27. The number of hydrogen-bond donors (Lipinski definition) is 3. The zero-order valence-corrected chi connectivity index (χ0v) is 10.0. The quantitative estimate of drug-likeness (QED) is 0.436. The molecule has 0 radical (unpaired) electrons. The first-order valence-corrected chi connectivity index (χ1v) is 5.91. The first kappa shape index (κ1) is 12.2. The van der Waals surface area contributed by atoms with Crippen LogP contribution in [-0.4, -0.2) is 16.8 Å². The molecular weight excluding hydrogens is 252 g/mol. The molecule has 7 heteroatoms. The van der Waals surface area contributed by atoms with Gasteiger partial charge in [0.05, 0.1) is 0 Å². The minimum Gasteiger partial charge on any atom is -0.298 e. The van der Waals surface area contributed by atoms with Crippen LogP contribution in [0.2, 0.25) is 0 Å². The number of nitrogens with two attached hydrogens (primary N) is 1. The lowest BCUT2D eigenvalue weighted by atomic mass is 10.2. The molecule has 4 N–H and O–H groups in total. The van der Waals surface area contributed by atoms with Crippen molar-refractivity contribution in [2.75, 3.05) is 5.32 Å². The van der Waals surface area contributed by atoms with Gasteiger partial charge in [0.15, 0.2) is 5.13 Å². The van der Waals surface area contributed by atoms with Gasteiger partial charge < -0.3 is 0 Å². The normalized spacial score (nSPS) is 9.83. The Balaban J connectivity index is 2.08. The Morgan fingerprint density at radius 2 is 1.89 bits per heavy atom. The van der Waals surface area contributed by atoms with E-state index in [2.05, 4.69) is 10.3 Å².